The van der Waals surface area contributed by atoms with Crippen LogP contribution in [-0.2, 0) is 4.79 Å². The molecule has 0 aromatic rings. The van der Waals surface area contributed by atoms with Gasteiger partial charge < -0.3 is 11.1 Å². The summed E-state index contributed by atoms with van der Waals surface area (Å²) in [6, 6.07) is 0.00306. The van der Waals surface area contributed by atoms with Gasteiger partial charge in [0.1, 0.15) is 0 Å². The first-order valence-electron chi connectivity index (χ1n) is 3.23. The van der Waals surface area contributed by atoms with E-state index in [0.29, 0.717) is 12.1 Å². The second-order valence-corrected chi connectivity index (χ2v) is 2.47. The molecule has 0 heterocycles. The molecule has 3 heteroatoms. The van der Waals surface area contributed by atoms with E-state index in [4.69, 9.17) is 5.73 Å². The average Bonchev–Trinajstić information content (AvgIpc) is 1.82. The lowest BCUT2D eigenvalue weighted by atomic mass is 10.3. The number of nitrogens with one attached hydrogen (secondary N) is 1. The van der Waals surface area contributed by atoms with Crippen molar-refractivity contribution in [3.8, 4) is 0 Å². The van der Waals surface area contributed by atoms with Gasteiger partial charge in [-0.05, 0) is 13.8 Å². The zero-order valence-electron chi connectivity index (χ0n) is 6.48. The second-order valence-electron chi connectivity index (χ2n) is 2.47. The van der Waals surface area contributed by atoms with Gasteiger partial charge in [-0.25, -0.2) is 0 Å². The quantitative estimate of drug-likeness (QED) is 0.546. The fourth-order valence-electron chi connectivity index (χ4n) is 0.405. The molecule has 1 atom stereocenters. The van der Waals surface area contributed by atoms with Crippen LogP contribution in [0.4, 0.5) is 0 Å². The highest BCUT2D eigenvalue weighted by molar-refractivity contribution is 5.92. The number of hydrogen-bond acceptors (Lipinski definition) is 2. The van der Waals surface area contributed by atoms with Crippen molar-refractivity contribution in [2.24, 2.45) is 5.73 Å². The van der Waals surface area contributed by atoms with Crippen LogP contribution in [0, 0.1) is 0 Å². The maximum Gasteiger partial charge on any atom is 0.246 e. The van der Waals surface area contributed by atoms with Crippen LogP contribution in [-0.4, -0.2) is 18.5 Å². The average molecular weight is 142 g/mol. The molecule has 3 N–H and O–H groups in total. The predicted octanol–water partition coefficient (Wildman–Crippen LogP) is 0.0259. The van der Waals surface area contributed by atoms with Crippen LogP contribution in [0.3, 0.4) is 0 Å². The number of carbonyl (C=O) groups is 1. The van der Waals surface area contributed by atoms with Crippen LogP contribution in [0.1, 0.15) is 13.8 Å². The van der Waals surface area contributed by atoms with Crippen molar-refractivity contribution in [1.29, 1.82) is 0 Å². The molecule has 0 saturated carbocycles. The van der Waals surface area contributed by atoms with E-state index in [-0.39, 0.29) is 11.9 Å². The largest absolute Gasteiger partial charge is 0.351 e. The van der Waals surface area contributed by atoms with E-state index >= 15 is 0 Å². The Morgan fingerprint density at radius 2 is 2.30 bits per heavy atom. The molecule has 0 saturated heterocycles. The molecule has 0 aromatic heterocycles. The van der Waals surface area contributed by atoms with E-state index in [1.165, 1.54) is 0 Å². The molecular formula is C7H14N2O. The van der Waals surface area contributed by atoms with Crippen LogP contribution in [0.25, 0.3) is 0 Å². The summed E-state index contributed by atoms with van der Waals surface area (Å²) in [5, 5.41) is 2.62. The summed E-state index contributed by atoms with van der Waals surface area (Å²) >= 11 is 0. The van der Waals surface area contributed by atoms with Crippen LogP contribution >= 0.6 is 0 Å². The third kappa shape index (κ3) is 4.09. The highest BCUT2D eigenvalue weighted by Crippen LogP contribution is 1.84. The van der Waals surface area contributed by atoms with Gasteiger partial charge in [0.2, 0.25) is 5.91 Å². The summed E-state index contributed by atoms with van der Waals surface area (Å²) < 4.78 is 0. The zero-order valence-corrected chi connectivity index (χ0v) is 6.48. The lowest BCUT2D eigenvalue weighted by Crippen LogP contribution is -2.35. The summed E-state index contributed by atoms with van der Waals surface area (Å²) in [4.78, 5) is 10.8. The molecular weight excluding hydrogens is 128 g/mol. The Morgan fingerprint density at radius 3 is 2.60 bits per heavy atom. The molecule has 0 aliphatic rings. The lowest BCUT2D eigenvalue weighted by molar-refractivity contribution is -0.117. The molecule has 1 amide bonds. The molecule has 0 spiro atoms. The third-order valence-corrected chi connectivity index (χ3v) is 0.972. The number of rotatable bonds is 3. The van der Waals surface area contributed by atoms with Gasteiger partial charge in [0.25, 0.3) is 0 Å². The van der Waals surface area contributed by atoms with Crippen LogP contribution < -0.4 is 11.1 Å². The topological polar surface area (TPSA) is 55.1 Å². The first-order valence-corrected chi connectivity index (χ1v) is 3.23. The molecule has 1 unspecified atom stereocenters. The molecule has 0 aromatic carbocycles. The zero-order chi connectivity index (χ0) is 8.15. The summed E-state index contributed by atoms with van der Waals surface area (Å²) in [6.07, 6.45) is 0. The van der Waals surface area contributed by atoms with Crippen molar-refractivity contribution >= 4 is 5.91 Å². The standard InChI is InChI=1S/C7H14N2O/c1-5(2)7(10)9-4-6(3)8/h6H,1,4,8H2,2-3H3,(H,9,10). The minimum absolute atomic E-state index is 0.00306. The fraction of sp³-hybridized carbons (Fsp3) is 0.571. The maximum absolute atomic E-state index is 10.8. The Labute approximate surface area is 61.3 Å². The molecule has 0 bridgehead atoms. The molecule has 0 rings (SSSR count). The monoisotopic (exact) mass is 142 g/mol. The van der Waals surface area contributed by atoms with Crippen molar-refractivity contribution in [1.82, 2.24) is 5.32 Å². The maximum atomic E-state index is 10.8. The summed E-state index contributed by atoms with van der Waals surface area (Å²) in [5.74, 6) is -0.127. The summed E-state index contributed by atoms with van der Waals surface area (Å²) in [5.41, 5.74) is 5.91. The summed E-state index contributed by atoms with van der Waals surface area (Å²) in [6.45, 7) is 7.48. The van der Waals surface area contributed by atoms with Gasteiger partial charge in [-0.1, -0.05) is 6.58 Å². The van der Waals surface area contributed by atoms with Gasteiger partial charge in [-0.15, -0.1) is 0 Å². The van der Waals surface area contributed by atoms with Crippen LogP contribution in [0.2, 0.25) is 0 Å². The van der Waals surface area contributed by atoms with Gasteiger partial charge >= 0.3 is 0 Å². The SMILES string of the molecule is C=C(C)C(=O)NCC(C)N. The second kappa shape index (κ2) is 4.06. The Kier molecular flexibility index (Phi) is 3.72. The van der Waals surface area contributed by atoms with Crippen molar-refractivity contribution in [2.75, 3.05) is 6.54 Å². The van der Waals surface area contributed by atoms with Crippen molar-refractivity contribution in [3.05, 3.63) is 12.2 Å². The molecule has 0 aliphatic heterocycles. The molecule has 0 radical (unpaired) electrons. The van der Waals surface area contributed by atoms with Crippen molar-refractivity contribution in [2.45, 2.75) is 19.9 Å². The normalized spacial score (nSPS) is 12.3. The van der Waals surface area contributed by atoms with Crippen molar-refractivity contribution < 1.29 is 4.79 Å². The minimum Gasteiger partial charge on any atom is -0.351 e. The Bertz CT molecular complexity index is 141. The first kappa shape index (κ1) is 9.17. The lowest BCUT2D eigenvalue weighted by Gasteiger charge is -2.06. The highest BCUT2D eigenvalue weighted by atomic mass is 16.1. The van der Waals surface area contributed by atoms with E-state index in [9.17, 15) is 4.79 Å². The van der Waals surface area contributed by atoms with Crippen molar-refractivity contribution in [3.63, 3.8) is 0 Å². The molecule has 0 aliphatic carbocycles. The predicted molar refractivity (Wildman–Crippen MR) is 41.5 cm³/mol. The van der Waals surface area contributed by atoms with E-state index in [2.05, 4.69) is 11.9 Å². The molecule has 10 heavy (non-hydrogen) atoms. The van der Waals surface area contributed by atoms with Gasteiger partial charge in [0, 0.05) is 18.2 Å². The smallest absolute Gasteiger partial charge is 0.246 e. The Hall–Kier alpha value is -0.830. The Morgan fingerprint density at radius 1 is 1.80 bits per heavy atom. The molecule has 0 fully saturated rings. The number of amides is 1. The molecule has 3 nitrogen and oxygen atoms in total. The van der Waals surface area contributed by atoms with Gasteiger partial charge in [0.15, 0.2) is 0 Å². The van der Waals surface area contributed by atoms with Crippen LogP contribution in [0.15, 0.2) is 12.2 Å². The minimum atomic E-state index is -0.127. The molecule has 58 valence electrons. The van der Waals surface area contributed by atoms with Crippen LogP contribution in [0.5, 0.6) is 0 Å². The number of nitrogens with two attached hydrogens (primary N) is 1. The Balaban J connectivity index is 3.50. The third-order valence-electron chi connectivity index (χ3n) is 0.972. The van der Waals surface area contributed by atoms with Gasteiger partial charge in [0.05, 0.1) is 0 Å². The van der Waals surface area contributed by atoms with E-state index in [1.54, 1.807) is 6.92 Å². The fourth-order valence-corrected chi connectivity index (χ4v) is 0.405. The number of carbonyl (C=O) groups excluding carboxylic acids is 1. The van der Waals surface area contributed by atoms with E-state index < -0.39 is 0 Å². The summed E-state index contributed by atoms with van der Waals surface area (Å²) in [7, 11) is 0. The first-order chi connectivity index (χ1) is 4.54. The van der Waals surface area contributed by atoms with E-state index in [0.717, 1.165) is 0 Å². The van der Waals surface area contributed by atoms with Gasteiger partial charge in [-0.3, -0.25) is 4.79 Å². The number of hydrogen-bond donors (Lipinski definition) is 2. The van der Waals surface area contributed by atoms with Gasteiger partial charge in [-0.2, -0.15) is 0 Å². The highest BCUT2D eigenvalue weighted by Gasteiger charge is 2.00. The van der Waals surface area contributed by atoms with E-state index in [1.807, 2.05) is 6.92 Å².